The summed E-state index contributed by atoms with van der Waals surface area (Å²) < 4.78 is 0. The van der Waals surface area contributed by atoms with Crippen molar-refractivity contribution in [3.63, 3.8) is 0 Å². The average molecular weight is 330 g/mol. The molecule has 0 bridgehead atoms. The fourth-order valence-corrected chi connectivity index (χ4v) is 3.57. The first-order chi connectivity index (χ1) is 11.2. The minimum atomic E-state index is 0.0365. The van der Waals surface area contributed by atoms with Gasteiger partial charge in [-0.3, -0.25) is 4.79 Å². The predicted octanol–water partition coefficient (Wildman–Crippen LogP) is 2.85. The van der Waals surface area contributed by atoms with Crippen molar-refractivity contribution in [1.29, 1.82) is 0 Å². The molecule has 5 nitrogen and oxygen atoms in total. The van der Waals surface area contributed by atoms with E-state index in [4.69, 9.17) is 0 Å². The lowest BCUT2D eigenvalue weighted by Crippen LogP contribution is -2.35. The third-order valence-corrected chi connectivity index (χ3v) is 5.04. The molecular formula is C17H22N4OS. The van der Waals surface area contributed by atoms with Gasteiger partial charge in [0.1, 0.15) is 5.69 Å². The molecule has 0 aliphatic carbocycles. The van der Waals surface area contributed by atoms with Crippen molar-refractivity contribution in [2.45, 2.75) is 13.3 Å². The van der Waals surface area contributed by atoms with Gasteiger partial charge in [0.2, 0.25) is 0 Å². The topological polar surface area (TPSA) is 48.5 Å². The van der Waals surface area contributed by atoms with Crippen LogP contribution in [-0.4, -0.2) is 49.0 Å². The van der Waals surface area contributed by atoms with E-state index in [1.54, 1.807) is 0 Å². The second-order valence-electron chi connectivity index (χ2n) is 5.71. The minimum Gasteiger partial charge on any atom is -0.369 e. The van der Waals surface area contributed by atoms with E-state index >= 15 is 0 Å². The quantitative estimate of drug-likeness (QED) is 0.940. The molecular weight excluding hydrogens is 308 g/mol. The van der Waals surface area contributed by atoms with Crippen LogP contribution in [0.25, 0.3) is 0 Å². The summed E-state index contributed by atoms with van der Waals surface area (Å²) in [6, 6.07) is 8.43. The van der Waals surface area contributed by atoms with Crippen molar-refractivity contribution in [3.05, 3.63) is 40.9 Å². The summed E-state index contributed by atoms with van der Waals surface area (Å²) >= 11 is 1.47. The molecule has 1 aromatic carbocycles. The smallest absolute Gasteiger partial charge is 0.273 e. The molecule has 1 saturated heterocycles. The SMILES string of the molecule is CNc1nc(C(=O)N2CCCN(c3ccccc3C)CC2)cs1. The molecule has 6 heteroatoms. The molecule has 1 fully saturated rings. The molecule has 1 amide bonds. The Kier molecular flexibility index (Phi) is 4.81. The number of thiazole rings is 1. The van der Waals surface area contributed by atoms with E-state index in [9.17, 15) is 4.79 Å². The maximum Gasteiger partial charge on any atom is 0.273 e. The Labute approximate surface area is 140 Å². The van der Waals surface area contributed by atoms with Gasteiger partial charge in [0.05, 0.1) is 0 Å². The molecule has 0 unspecified atom stereocenters. The summed E-state index contributed by atoms with van der Waals surface area (Å²) in [5.41, 5.74) is 3.10. The first kappa shape index (κ1) is 15.8. The number of amides is 1. The number of carbonyl (C=O) groups excluding carboxylic acids is 1. The lowest BCUT2D eigenvalue weighted by molar-refractivity contribution is 0.0762. The number of nitrogens with one attached hydrogen (secondary N) is 1. The number of rotatable bonds is 3. The molecule has 1 aliphatic heterocycles. The number of para-hydroxylation sites is 1. The van der Waals surface area contributed by atoms with Crippen LogP contribution in [0.1, 0.15) is 22.5 Å². The van der Waals surface area contributed by atoms with E-state index in [0.29, 0.717) is 5.69 Å². The average Bonchev–Trinajstić information content (AvgIpc) is 2.92. The first-order valence-electron chi connectivity index (χ1n) is 7.92. The molecule has 1 N–H and O–H groups in total. The van der Waals surface area contributed by atoms with Gasteiger partial charge in [0, 0.05) is 44.3 Å². The Bertz CT molecular complexity index is 685. The van der Waals surface area contributed by atoms with Gasteiger partial charge in [-0.15, -0.1) is 11.3 Å². The van der Waals surface area contributed by atoms with Crippen molar-refractivity contribution in [2.75, 3.05) is 43.4 Å². The molecule has 0 atom stereocenters. The van der Waals surface area contributed by atoms with Crippen molar-refractivity contribution in [3.8, 4) is 0 Å². The van der Waals surface area contributed by atoms with Gasteiger partial charge in [-0.05, 0) is 25.0 Å². The maximum absolute atomic E-state index is 12.6. The van der Waals surface area contributed by atoms with E-state index in [2.05, 4.69) is 46.4 Å². The number of benzene rings is 1. The van der Waals surface area contributed by atoms with Gasteiger partial charge in [0.15, 0.2) is 5.13 Å². The van der Waals surface area contributed by atoms with Crippen LogP contribution in [0.5, 0.6) is 0 Å². The minimum absolute atomic E-state index is 0.0365. The summed E-state index contributed by atoms with van der Waals surface area (Å²) in [5.74, 6) is 0.0365. The van der Waals surface area contributed by atoms with Crippen LogP contribution >= 0.6 is 11.3 Å². The van der Waals surface area contributed by atoms with E-state index in [0.717, 1.165) is 37.7 Å². The van der Waals surface area contributed by atoms with Gasteiger partial charge in [-0.1, -0.05) is 18.2 Å². The maximum atomic E-state index is 12.6. The van der Waals surface area contributed by atoms with Gasteiger partial charge in [-0.2, -0.15) is 0 Å². The number of anilines is 2. The normalized spacial score (nSPS) is 15.4. The second kappa shape index (κ2) is 7.00. The lowest BCUT2D eigenvalue weighted by atomic mass is 10.2. The Morgan fingerprint density at radius 1 is 1.22 bits per heavy atom. The molecule has 23 heavy (non-hydrogen) atoms. The van der Waals surface area contributed by atoms with Crippen LogP contribution in [0.2, 0.25) is 0 Å². The summed E-state index contributed by atoms with van der Waals surface area (Å²) in [4.78, 5) is 21.2. The summed E-state index contributed by atoms with van der Waals surface area (Å²) in [5, 5.41) is 5.59. The molecule has 1 aliphatic rings. The molecule has 2 heterocycles. The summed E-state index contributed by atoms with van der Waals surface area (Å²) in [6.45, 7) is 5.50. The third kappa shape index (κ3) is 3.47. The van der Waals surface area contributed by atoms with Crippen molar-refractivity contribution in [1.82, 2.24) is 9.88 Å². The number of nitrogens with zero attached hydrogens (tertiary/aromatic N) is 3. The molecule has 0 saturated carbocycles. The second-order valence-corrected chi connectivity index (χ2v) is 6.57. The van der Waals surface area contributed by atoms with Crippen LogP contribution in [-0.2, 0) is 0 Å². The van der Waals surface area contributed by atoms with Gasteiger partial charge in [0.25, 0.3) is 5.91 Å². The molecule has 122 valence electrons. The number of hydrogen-bond acceptors (Lipinski definition) is 5. The monoisotopic (exact) mass is 330 g/mol. The molecule has 2 aromatic rings. The first-order valence-corrected chi connectivity index (χ1v) is 8.80. The highest BCUT2D eigenvalue weighted by atomic mass is 32.1. The number of hydrogen-bond donors (Lipinski definition) is 1. The summed E-state index contributed by atoms with van der Waals surface area (Å²) in [6.07, 6.45) is 0.975. The van der Waals surface area contributed by atoms with Gasteiger partial charge >= 0.3 is 0 Å². The van der Waals surface area contributed by atoms with E-state index in [1.807, 2.05) is 17.3 Å². The van der Waals surface area contributed by atoms with E-state index < -0.39 is 0 Å². The Balaban J connectivity index is 1.68. The van der Waals surface area contributed by atoms with E-state index in [1.165, 1.54) is 22.6 Å². The Morgan fingerprint density at radius 3 is 2.78 bits per heavy atom. The van der Waals surface area contributed by atoms with Crippen molar-refractivity contribution < 1.29 is 4.79 Å². The zero-order valence-corrected chi connectivity index (χ0v) is 14.4. The molecule has 1 aromatic heterocycles. The number of aryl methyl sites for hydroxylation is 1. The van der Waals surface area contributed by atoms with Gasteiger partial charge in [-0.25, -0.2) is 4.98 Å². The van der Waals surface area contributed by atoms with Crippen LogP contribution in [0.3, 0.4) is 0 Å². The standard InChI is InChI=1S/C17H22N4OS/c1-13-6-3-4-7-15(13)20-8-5-9-21(11-10-20)16(22)14-12-23-17(18-2)19-14/h3-4,6-7,12H,5,8-11H2,1-2H3,(H,18,19). The van der Waals surface area contributed by atoms with Crippen LogP contribution in [0, 0.1) is 6.92 Å². The zero-order valence-electron chi connectivity index (χ0n) is 13.6. The highest BCUT2D eigenvalue weighted by Crippen LogP contribution is 2.22. The molecule has 3 rings (SSSR count). The molecule has 0 radical (unpaired) electrons. The number of aromatic nitrogens is 1. The third-order valence-electron chi connectivity index (χ3n) is 4.18. The number of carbonyl (C=O) groups is 1. The highest BCUT2D eigenvalue weighted by Gasteiger charge is 2.22. The fourth-order valence-electron chi connectivity index (χ4n) is 2.93. The van der Waals surface area contributed by atoms with Crippen LogP contribution < -0.4 is 10.2 Å². The van der Waals surface area contributed by atoms with Crippen molar-refractivity contribution >= 4 is 28.1 Å². The largest absolute Gasteiger partial charge is 0.369 e. The zero-order chi connectivity index (χ0) is 16.2. The fraction of sp³-hybridized carbons (Fsp3) is 0.412. The van der Waals surface area contributed by atoms with Crippen molar-refractivity contribution in [2.24, 2.45) is 0 Å². The molecule has 0 spiro atoms. The van der Waals surface area contributed by atoms with Crippen LogP contribution in [0.4, 0.5) is 10.8 Å². The van der Waals surface area contributed by atoms with Gasteiger partial charge < -0.3 is 15.1 Å². The predicted molar refractivity (Wildman–Crippen MR) is 95.6 cm³/mol. The Morgan fingerprint density at radius 2 is 2.04 bits per heavy atom. The van der Waals surface area contributed by atoms with E-state index in [-0.39, 0.29) is 5.91 Å². The Hall–Kier alpha value is -2.08. The lowest BCUT2D eigenvalue weighted by Gasteiger charge is -2.25. The van der Waals surface area contributed by atoms with Crippen LogP contribution in [0.15, 0.2) is 29.6 Å². The highest BCUT2D eigenvalue weighted by molar-refractivity contribution is 7.13. The summed E-state index contributed by atoms with van der Waals surface area (Å²) in [7, 11) is 1.82.